The van der Waals surface area contributed by atoms with Crippen molar-refractivity contribution < 1.29 is 53.2 Å². The molecule has 202 valence electrons. The predicted octanol–water partition coefficient (Wildman–Crippen LogP) is 4.89. The molecular weight excluding hydrogens is 538 g/mol. The lowest BCUT2D eigenvalue weighted by atomic mass is 9.88. The molecule has 0 spiro atoms. The molecule has 1 aromatic rings. The number of benzene rings is 1. The lowest BCUT2D eigenvalue weighted by Gasteiger charge is -2.23. The van der Waals surface area contributed by atoms with Crippen molar-refractivity contribution in [3.8, 4) is 0 Å². The Balaban J connectivity index is 2.91. The van der Waals surface area contributed by atoms with E-state index >= 15 is 0 Å². The molecule has 1 aromatic carbocycles. The van der Waals surface area contributed by atoms with E-state index in [1.54, 1.807) is 27.7 Å². The largest absolute Gasteiger partial charge is 0.480 e. The van der Waals surface area contributed by atoms with Crippen molar-refractivity contribution >= 4 is 33.6 Å². The summed E-state index contributed by atoms with van der Waals surface area (Å²) in [5.74, 6) is -1.60. The van der Waals surface area contributed by atoms with Crippen LogP contribution in [0, 0.1) is 5.92 Å². The molecule has 2 atom stereocenters. The van der Waals surface area contributed by atoms with E-state index in [4.69, 9.17) is 13.8 Å². The van der Waals surface area contributed by atoms with Crippen LogP contribution in [-0.4, -0.2) is 47.9 Å². The number of alkyl halides is 3. The monoisotopic (exact) mass is 566 g/mol. The standard InChI is InChI=1S/C19H28F3NO9PS2/c1-5-15(12-14(4)18(24)30-13-33(25,31-6-2)32-7-3)16-8-10-17(11-9-16)34(26,27)23-35(28,29)19(20,21)22/h8-11,14-15H,5-7,12-13H2,1-4H3/q-1. The number of halogens is 3. The van der Waals surface area contributed by atoms with Crippen LogP contribution in [0.3, 0.4) is 0 Å². The third-order valence-electron chi connectivity index (χ3n) is 4.69. The summed E-state index contributed by atoms with van der Waals surface area (Å²) in [5.41, 5.74) is -5.30. The van der Waals surface area contributed by atoms with Gasteiger partial charge in [-0.05, 0) is 50.3 Å². The van der Waals surface area contributed by atoms with Crippen LogP contribution in [0.5, 0.6) is 0 Å². The topological polar surface area (TPSA) is 144 Å². The molecule has 10 nitrogen and oxygen atoms in total. The lowest BCUT2D eigenvalue weighted by Crippen LogP contribution is -2.24. The summed E-state index contributed by atoms with van der Waals surface area (Å²) in [6.45, 7) is 6.81. The highest BCUT2D eigenvalue weighted by Gasteiger charge is 2.40. The molecule has 0 saturated heterocycles. The van der Waals surface area contributed by atoms with Crippen molar-refractivity contribution in [2.24, 2.45) is 5.92 Å². The highest BCUT2D eigenvalue weighted by atomic mass is 32.3. The number of carbonyl (C=O) groups is 1. The van der Waals surface area contributed by atoms with E-state index in [-0.39, 0.29) is 25.6 Å². The average molecular weight is 567 g/mol. The molecule has 0 N–H and O–H groups in total. The summed E-state index contributed by atoms with van der Waals surface area (Å²) in [6.07, 6.45) is 0.209. The Labute approximate surface area is 203 Å². The number of hydrogen-bond donors (Lipinski definition) is 0. The first-order valence-corrected chi connectivity index (χ1v) is 15.1. The number of ether oxygens (including phenoxy) is 1. The van der Waals surface area contributed by atoms with Gasteiger partial charge in [-0.15, -0.1) is 0 Å². The van der Waals surface area contributed by atoms with E-state index < -0.39 is 56.3 Å². The van der Waals surface area contributed by atoms with E-state index in [1.807, 2.05) is 4.13 Å². The van der Waals surface area contributed by atoms with Gasteiger partial charge in [-0.25, -0.2) is 16.8 Å². The smallest absolute Gasteiger partial charge is 0.452 e. The van der Waals surface area contributed by atoms with Gasteiger partial charge in [-0.2, -0.15) is 13.2 Å². The molecule has 0 aliphatic rings. The fourth-order valence-electron chi connectivity index (χ4n) is 2.98. The normalized spacial score (nSPS) is 14.9. The zero-order valence-electron chi connectivity index (χ0n) is 19.5. The van der Waals surface area contributed by atoms with Gasteiger partial charge in [0, 0.05) is 4.90 Å². The quantitative estimate of drug-likeness (QED) is 0.227. The van der Waals surface area contributed by atoms with Gasteiger partial charge in [0.2, 0.25) is 0 Å². The predicted molar refractivity (Wildman–Crippen MR) is 121 cm³/mol. The second kappa shape index (κ2) is 12.6. The highest BCUT2D eigenvalue weighted by molar-refractivity contribution is 8.12. The molecule has 35 heavy (non-hydrogen) atoms. The van der Waals surface area contributed by atoms with Gasteiger partial charge in [0.15, 0.2) is 16.4 Å². The van der Waals surface area contributed by atoms with Crippen LogP contribution in [0.2, 0.25) is 0 Å². The third-order valence-corrected chi connectivity index (χ3v) is 9.46. The van der Waals surface area contributed by atoms with Crippen LogP contribution >= 0.6 is 7.60 Å². The molecule has 0 aliphatic heterocycles. The Hall–Kier alpha value is -1.51. The minimum Gasteiger partial charge on any atom is -0.452 e. The number of esters is 1. The van der Waals surface area contributed by atoms with Crippen LogP contribution in [0.4, 0.5) is 13.2 Å². The van der Waals surface area contributed by atoms with E-state index in [0.29, 0.717) is 12.0 Å². The van der Waals surface area contributed by atoms with Crippen LogP contribution in [0.15, 0.2) is 29.2 Å². The molecule has 2 unspecified atom stereocenters. The maximum absolute atomic E-state index is 12.5. The minimum absolute atomic E-state index is 0.101. The summed E-state index contributed by atoms with van der Waals surface area (Å²) in [7, 11) is -14.9. The summed E-state index contributed by atoms with van der Waals surface area (Å²) >= 11 is 0. The molecule has 16 heteroatoms. The molecule has 0 amide bonds. The van der Waals surface area contributed by atoms with Crippen LogP contribution in [0.25, 0.3) is 4.13 Å². The second-order valence-electron chi connectivity index (χ2n) is 7.32. The van der Waals surface area contributed by atoms with Crippen LogP contribution < -0.4 is 0 Å². The molecule has 0 fully saturated rings. The molecule has 0 heterocycles. The first kappa shape index (κ1) is 31.5. The summed E-state index contributed by atoms with van der Waals surface area (Å²) in [4.78, 5) is 11.6. The van der Waals surface area contributed by atoms with Gasteiger partial charge < -0.3 is 17.9 Å². The Morgan fingerprint density at radius 2 is 1.54 bits per heavy atom. The number of carbonyl (C=O) groups excluding carboxylic acids is 1. The van der Waals surface area contributed by atoms with Gasteiger partial charge in [0.05, 0.1) is 19.1 Å². The fraction of sp³-hybridized carbons (Fsp3) is 0.632. The minimum atomic E-state index is -6.24. The zero-order chi connectivity index (χ0) is 27.1. The number of sulfonamides is 2. The van der Waals surface area contributed by atoms with Crippen molar-refractivity contribution in [3.05, 3.63) is 34.0 Å². The van der Waals surface area contributed by atoms with Gasteiger partial charge in [0.25, 0.3) is 0 Å². The Morgan fingerprint density at radius 1 is 1.03 bits per heavy atom. The summed E-state index contributed by atoms with van der Waals surface area (Å²) in [6, 6.07) is 4.47. The van der Waals surface area contributed by atoms with Gasteiger partial charge in [-0.1, -0.05) is 26.0 Å². The van der Waals surface area contributed by atoms with Crippen molar-refractivity contribution in [3.63, 3.8) is 0 Å². The maximum Gasteiger partial charge on any atom is 0.480 e. The summed E-state index contributed by atoms with van der Waals surface area (Å²) < 4.78 is 113. The number of rotatable bonds is 14. The van der Waals surface area contributed by atoms with Crippen LogP contribution in [0.1, 0.15) is 52.0 Å². The van der Waals surface area contributed by atoms with E-state index in [9.17, 15) is 39.4 Å². The van der Waals surface area contributed by atoms with E-state index in [2.05, 4.69) is 0 Å². The Bertz CT molecular complexity index is 1100. The van der Waals surface area contributed by atoms with Crippen molar-refractivity contribution in [1.29, 1.82) is 0 Å². The van der Waals surface area contributed by atoms with Crippen molar-refractivity contribution in [1.82, 2.24) is 0 Å². The molecular formula is C19H28F3NO9PS2-. The molecule has 1 rings (SSSR count). The van der Waals surface area contributed by atoms with Gasteiger partial charge in [-0.3, -0.25) is 9.36 Å². The molecule has 0 saturated carbocycles. The average Bonchev–Trinajstić information content (AvgIpc) is 2.74. The van der Waals surface area contributed by atoms with E-state index in [1.165, 1.54) is 12.1 Å². The highest BCUT2D eigenvalue weighted by Crippen LogP contribution is 2.48. The van der Waals surface area contributed by atoms with Crippen molar-refractivity contribution in [2.75, 3.05) is 19.6 Å². The number of nitrogens with zero attached hydrogens (tertiary/aromatic N) is 1. The summed E-state index contributed by atoms with van der Waals surface area (Å²) in [5, 5.41) is 0. The van der Waals surface area contributed by atoms with Crippen molar-refractivity contribution in [2.45, 2.75) is 56.9 Å². The lowest BCUT2D eigenvalue weighted by molar-refractivity contribution is -0.146. The van der Waals surface area contributed by atoms with Gasteiger partial charge in [0.1, 0.15) is 10.0 Å². The first-order valence-electron chi connectivity index (χ1n) is 10.5. The fourth-order valence-corrected chi connectivity index (χ4v) is 6.47. The molecule has 0 bridgehead atoms. The molecule has 0 aromatic heterocycles. The van der Waals surface area contributed by atoms with Crippen LogP contribution in [-0.2, 0) is 43.2 Å². The molecule has 0 radical (unpaired) electrons. The molecule has 0 aliphatic carbocycles. The maximum atomic E-state index is 12.5. The third kappa shape index (κ3) is 9.14. The van der Waals surface area contributed by atoms with E-state index in [0.717, 1.165) is 12.1 Å². The zero-order valence-corrected chi connectivity index (χ0v) is 22.0. The van der Waals surface area contributed by atoms with Gasteiger partial charge >= 0.3 is 19.1 Å². The Morgan fingerprint density at radius 3 is 1.97 bits per heavy atom. The number of hydrogen-bond acceptors (Lipinski definition) is 9. The second-order valence-corrected chi connectivity index (χ2v) is 12.7. The first-order chi connectivity index (χ1) is 16.0. The SMILES string of the molecule is CCOP(=O)(COC(=O)C(C)CC(CC)c1ccc(S(=O)(=O)[N-]S(=O)(=O)C(F)(F)F)cc1)OCC. The Kier molecular flexibility index (Phi) is 11.4.